The Hall–Kier alpha value is -2.63. The number of carbonyl (C=O) groups is 1. The molecule has 0 spiro atoms. The van der Waals surface area contributed by atoms with Gasteiger partial charge < -0.3 is 5.11 Å². The molecule has 6 nitrogen and oxygen atoms in total. The second-order valence-corrected chi connectivity index (χ2v) is 3.30. The molecule has 0 aliphatic heterocycles. The standard InChI is InChI=1S/C11H8N2O4/c14-9-6-8(10(15)16)13(11(17)12-9)7-4-2-1-3-5-7/h1-6H,(H,15,16)(H,12,14,17). The van der Waals surface area contributed by atoms with Crippen LogP contribution in [0.15, 0.2) is 46.0 Å². The zero-order valence-corrected chi connectivity index (χ0v) is 8.58. The first kappa shape index (κ1) is 10.9. The molecule has 0 fully saturated rings. The van der Waals surface area contributed by atoms with Crippen molar-refractivity contribution in [3.8, 4) is 5.69 Å². The van der Waals surface area contributed by atoms with Gasteiger partial charge in [0.05, 0.1) is 5.69 Å². The Morgan fingerprint density at radius 3 is 2.41 bits per heavy atom. The van der Waals surface area contributed by atoms with E-state index >= 15 is 0 Å². The summed E-state index contributed by atoms with van der Waals surface area (Å²) in [6, 6.07) is 9.09. The quantitative estimate of drug-likeness (QED) is 0.774. The first-order valence-corrected chi connectivity index (χ1v) is 4.74. The maximum Gasteiger partial charge on any atom is 0.353 e. The first-order valence-electron chi connectivity index (χ1n) is 4.74. The van der Waals surface area contributed by atoms with Crippen LogP contribution in [-0.2, 0) is 0 Å². The predicted octanol–water partition coefficient (Wildman–Crippen LogP) is 0.224. The number of para-hydroxylation sites is 1. The van der Waals surface area contributed by atoms with Crippen molar-refractivity contribution in [2.45, 2.75) is 0 Å². The average molecular weight is 232 g/mol. The molecule has 1 heterocycles. The van der Waals surface area contributed by atoms with E-state index in [9.17, 15) is 14.4 Å². The average Bonchev–Trinajstić information content (AvgIpc) is 2.29. The van der Waals surface area contributed by atoms with Gasteiger partial charge in [0, 0.05) is 6.07 Å². The monoisotopic (exact) mass is 232 g/mol. The number of hydrogen-bond acceptors (Lipinski definition) is 3. The van der Waals surface area contributed by atoms with Gasteiger partial charge in [-0.05, 0) is 12.1 Å². The van der Waals surface area contributed by atoms with Crippen LogP contribution in [0.1, 0.15) is 10.5 Å². The van der Waals surface area contributed by atoms with Crippen molar-refractivity contribution in [3.63, 3.8) is 0 Å². The first-order chi connectivity index (χ1) is 8.09. The van der Waals surface area contributed by atoms with Gasteiger partial charge in [0.15, 0.2) is 0 Å². The minimum Gasteiger partial charge on any atom is -0.477 e. The van der Waals surface area contributed by atoms with Crippen molar-refractivity contribution in [2.24, 2.45) is 0 Å². The highest BCUT2D eigenvalue weighted by molar-refractivity contribution is 5.86. The summed E-state index contributed by atoms with van der Waals surface area (Å²) in [5, 5.41) is 8.96. The number of carboxylic acid groups (broad SMARTS) is 1. The lowest BCUT2D eigenvalue weighted by Gasteiger charge is -2.07. The van der Waals surface area contributed by atoms with E-state index in [1.807, 2.05) is 4.98 Å². The van der Waals surface area contributed by atoms with Crippen LogP contribution in [0.4, 0.5) is 0 Å². The highest BCUT2D eigenvalue weighted by atomic mass is 16.4. The van der Waals surface area contributed by atoms with Gasteiger partial charge in [-0.1, -0.05) is 18.2 Å². The number of aromatic amines is 1. The predicted molar refractivity (Wildman–Crippen MR) is 59.6 cm³/mol. The van der Waals surface area contributed by atoms with Gasteiger partial charge in [-0.25, -0.2) is 9.59 Å². The summed E-state index contributed by atoms with van der Waals surface area (Å²) in [6.45, 7) is 0. The lowest BCUT2D eigenvalue weighted by Crippen LogP contribution is -2.32. The van der Waals surface area contributed by atoms with Crippen molar-refractivity contribution in [1.29, 1.82) is 0 Å². The summed E-state index contributed by atoms with van der Waals surface area (Å²) in [6.07, 6.45) is 0. The maximum absolute atomic E-state index is 11.6. The highest BCUT2D eigenvalue weighted by Crippen LogP contribution is 2.06. The molecule has 0 saturated carbocycles. The van der Waals surface area contributed by atoms with Crippen LogP contribution in [0.5, 0.6) is 0 Å². The lowest BCUT2D eigenvalue weighted by atomic mass is 10.3. The number of H-pyrrole nitrogens is 1. The third-order valence-corrected chi connectivity index (χ3v) is 2.18. The molecule has 0 saturated heterocycles. The number of aromatic nitrogens is 2. The zero-order valence-electron chi connectivity index (χ0n) is 8.58. The van der Waals surface area contributed by atoms with E-state index in [0.717, 1.165) is 10.6 Å². The third-order valence-electron chi connectivity index (χ3n) is 2.18. The topological polar surface area (TPSA) is 92.2 Å². The molecule has 2 aromatic rings. The van der Waals surface area contributed by atoms with Gasteiger partial charge >= 0.3 is 11.7 Å². The normalized spacial score (nSPS) is 10.1. The Morgan fingerprint density at radius 2 is 1.82 bits per heavy atom. The van der Waals surface area contributed by atoms with Crippen molar-refractivity contribution >= 4 is 5.97 Å². The summed E-state index contributed by atoms with van der Waals surface area (Å²) in [5.74, 6) is -1.34. The molecule has 17 heavy (non-hydrogen) atoms. The second kappa shape index (κ2) is 4.09. The lowest BCUT2D eigenvalue weighted by molar-refractivity contribution is 0.0686. The molecule has 1 aromatic carbocycles. The number of carboxylic acids is 1. The fourth-order valence-electron chi connectivity index (χ4n) is 1.49. The molecule has 6 heteroatoms. The molecule has 0 aliphatic rings. The van der Waals surface area contributed by atoms with Gasteiger partial charge in [-0.3, -0.25) is 14.3 Å². The molecule has 2 rings (SSSR count). The fraction of sp³-hybridized carbons (Fsp3) is 0. The van der Waals surface area contributed by atoms with Crippen LogP contribution >= 0.6 is 0 Å². The van der Waals surface area contributed by atoms with Crippen molar-refractivity contribution in [2.75, 3.05) is 0 Å². The molecule has 2 N–H and O–H groups in total. The van der Waals surface area contributed by atoms with E-state index < -0.39 is 17.2 Å². The van der Waals surface area contributed by atoms with Crippen molar-refractivity contribution in [1.82, 2.24) is 9.55 Å². The van der Waals surface area contributed by atoms with E-state index in [-0.39, 0.29) is 5.69 Å². The third kappa shape index (κ3) is 2.00. The Morgan fingerprint density at radius 1 is 1.18 bits per heavy atom. The van der Waals surface area contributed by atoms with E-state index in [2.05, 4.69) is 0 Å². The smallest absolute Gasteiger partial charge is 0.353 e. The van der Waals surface area contributed by atoms with E-state index in [0.29, 0.717) is 5.69 Å². The Balaban J connectivity index is 2.82. The maximum atomic E-state index is 11.6. The minimum absolute atomic E-state index is 0.370. The van der Waals surface area contributed by atoms with E-state index in [1.165, 1.54) is 0 Å². The number of rotatable bonds is 2. The molecule has 0 amide bonds. The molecule has 0 aliphatic carbocycles. The fourth-order valence-corrected chi connectivity index (χ4v) is 1.49. The van der Waals surface area contributed by atoms with E-state index in [4.69, 9.17) is 5.11 Å². The number of aromatic carboxylic acids is 1. The second-order valence-electron chi connectivity index (χ2n) is 3.30. The Labute approximate surface area is 94.8 Å². The van der Waals surface area contributed by atoms with Crippen molar-refractivity contribution in [3.05, 3.63) is 62.9 Å². The summed E-state index contributed by atoms with van der Waals surface area (Å²) >= 11 is 0. The number of benzene rings is 1. The minimum atomic E-state index is -1.34. The number of nitrogens with zero attached hydrogens (tertiary/aromatic N) is 1. The molecule has 0 radical (unpaired) electrons. The largest absolute Gasteiger partial charge is 0.477 e. The van der Waals surface area contributed by atoms with Crippen LogP contribution in [0.3, 0.4) is 0 Å². The number of nitrogens with one attached hydrogen (secondary N) is 1. The Kier molecular flexibility index (Phi) is 2.61. The van der Waals surface area contributed by atoms with Gasteiger partial charge in [-0.15, -0.1) is 0 Å². The van der Waals surface area contributed by atoms with Crippen LogP contribution in [0.2, 0.25) is 0 Å². The van der Waals surface area contributed by atoms with E-state index in [1.54, 1.807) is 30.3 Å². The molecule has 0 atom stereocenters. The van der Waals surface area contributed by atoms with Gasteiger partial charge in [0.25, 0.3) is 5.56 Å². The van der Waals surface area contributed by atoms with Gasteiger partial charge in [0.1, 0.15) is 5.69 Å². The molecule has 1 aromatic heterocycles. The summed E-state index contributed by atoms with van der Waals surface area (Å²) in [4.78, 5) is 35.7. The summed E-state index contributed by atoms with van der Waals surface area (Å²) < 4.78 is 0.934. The zero-order chi connectivity index (χ0) is 12.4. The van der Waals surface area contributed by atoms with Crippen LogP contribution in [0, 0.1) is 0 Å². The number of hydrogen-bond donors (Lipinski definition) is 2. The summed E-state index contributed by atoms with van der Waals surface area (Å²) in [7, 11) is 0. The van der Waals surface area contributed by atoms with Gasteiger partial charge in [-0.2, -0.15) is 0 Å². The molecule has 86 valence electrons. The van der Waals surface area contributed by atoms with Crippen molar-refractivity contribution < 1.29 is 9.90 Å². The highest BCUT2D eigenvalue weighted by Gasteiger charge is 2.13. The van der Waals surface area contributed by atoms with Crippen LogP contribution in [0.25, 0.3) is 5.69 Å². The molecule has 0 unspecified atom stereocenters. The van der Waals surface area contributed by atoms with Gasteiger partial charge in [0.2, 0.25) is 0 Å². The molecule has 0 bridgehead atoms. The SMILES string of the molecule is O=C(O)c1cc(=O)[nH]c(=O)n1-c1ccccc1. The molecular formula is C11H8N2O4. The summed E-state index contributed by atoms with van der Waals surface area (Å²) in [5.41, 5.74) is -1.50. The molecular weight excluding hydrogens is 224 g/mol. The van der Waals surface area contributed by atoms with Crippen LogP contribution < -0.4 is 11.2 Å². The Bertz CT molecular complexity index is 670. The van der Waals surface area contributed by atoms with Crippen LogP contribution in [-0.4, -0.2) is 20.6 Å².